The van der Waals surface area contributed by atoms with Crippen molar-refractivity contribution in [2.45, 2.75) is 48.7 Å². The third-order valence-electron chi connectivity index (χ3n) is 6.52. The number of fused-ring (bicyclic) bond motifs is 2. The zero-order chi connectivity index (χ0) is 27.3. The van der Waals surface area contributed by atoms with E-state index < -0.39 is 40.4 Å². The molecule has 2 aromatic carbocycles. The van der Waals surface area contributed by atoms with E-state index in [1.54, 1.807) is 18.2 Å². The molecule has 0 saturated heterocycles. The molecule has 0 spiro atoms. The van der Waals surface area contributed by atoms with Gasteiger partial charge in [0.1, 0.15) is 17.3 Å². The highest BCUT2D eigenvalue weighted by Crippen LogP contribution is 2.51. The Morgan fingerprint density at radius 2 is 1.74 bits per heavy atom. The minimum Gasteiger partial charge on any atom is -0.406 e. The molecule has 1 saturated carbocycles. The van der Waals surface area contributed by atoms with Crippen LogP contribution in [0.2, 0.25) is 0 Å². The topological polar surface area (TPSA) is 78.2 Å². The van der Waals surface area contributed by atoms with Crippen LogP contribution in [0.5, 0.6) is 5.75 Å². The Labute approximate surface area is 215 Å². The Balaban J connectivity index is 1.63. The third kappa shape index (κ3) is 4.76. The smallest absolute Gasteiger partial charge is 0.406 e. The third-order valence-corrected chi connectivity index (χ3v) is 7.90. The fourth-order valence-electron chi connectivity index (χ4n) is 4.54. The van der Waals surface area contributed by atoms with E-state index >= 15 is 0 Å². The highest BCUT2D eigenvalue weighted by atomic mass is 32.2. The van der Waals surface area contributed by atoms with Gasteiger partial charge in [0.15, 0.2) is 11.0 Å². The number of halogens is 6. The van der Waals surface area contributed by atoms with Crippen molar-refractivity contribution in [3.05, 3.63) is 71.4 Å². The maximum atomic E-state index is 13.9. The molecule has 1 atom stereocenters. The fraction of sp³-hybridized carbons (Fsp3) is 0.280. The van der Waals surface area contributed by atoms with Gasteiger partial charge in [0.2, 0.25) is 0 Å². The van der Waals surface area contributed by atoms with Gasteiger partial charge in [-0.25, -0.2) is 9.19 Å². The van der Waals surface area contributed by atoms with Crippen LogP contribution < -0.4 is 14.4 Å². The second-order valence-corrected chi connectivity index (χ2v) is 10.3. The number of nitrogens with one attached hydrogen (secondary N) is 1. The van der Waals surface area contributed by atoms with Crippen molar-refractivity contribution in [3.8, 4) is 11.8 Å². The Kier molecular flexibility index (Phi) is 6.25. The van der Waals surface area contributed by atoms with Gasteiger partial charge in [-0.1, -0.05) is 18.2 Å². The second kappa shape index (κ2) is 9.20. The summed E-state index contributed by atoms with van der Waals surface area (Å²) in [6, 6.07) is 13.8. The molecule has 0 bridgehead atoms. The van der Waals surface area contributed by atoms with E-state index in [1.807, 2.05) is 0 Å². The van der Waals surface area contributed by atoms with Crippen LogP contribution in [-0.2, 0) is 29.1 Å². The van der Waals surface area contributed by atoms with E-state index in [-0.39, 0.29) is 17.3 Å². The molecule has 1 aliphatic heterocycles. The largest absolute Gasteiger partial charge is 0.573 e. The minimum absolute atomic E-state index is 0.0775. The molecule has 2 aliphatic rings. The van der Waals surface area contributed by atoms with Crippen molar-refractivity contribution in [1.82, 2.24) is 4.98 Å². The van der Waals surface area contributed by atoms with Crippen molar-refractivity contribution in [2.75, 3.05) is 9.62 Å². The van der Waals surface area contributed by atoms with Gasteiger partial charge >= 0.3 is 12.5 Å². The van der Waals surface area contributed by atoms with Gasteiger partial charge in [-0.2, -0.15) is 18.4 Å². The molecule has 5 rings (SSSR count). The zero-order valence-electron chi connectivity index (χ0n) is 19.4. The van der Waals surface area contributed by atoms with Crippen molar-refractivity contribution in [3.63, 3.8) is 0 Å². The van der Waals surface area contributed by atoms with Gasteiger partial charge in [0.05, 0.1) is 34.3 Å². The Morgan fingerprint density at radius 1 is 1.03 bits per heavy atom. The summed E-state index contributed by atoms with van der Waals surface area (Å²) >= 11 is 0. The minimum atomic E-state index is -4.90. The lowest BCUT2D eigenvalue weighted by Crippen LogP contribution is -2.36. The van der Waals surface area contributed by atoms with E-state index in [0.717, 1.165) is 24.6 Å². The van der Waals surface area contributed by atoms with Crippen LogP contribution in [0.4, 0.5) is 43.5 Å². The molecule has 3 aromatic rings. The number of hydrogen-bond donors (Lipinski definition) is 1. The lowest BCUT2D eigenvalue weighted by molar-refractivity contribution is -0.274. The van der Waals surface area contributed by atoms with Gasteiger partial charge in [0.25, 0.3) is 0 Å². The number of ether oxygens (including phenoxy) is 1. The number of benzene rings is 2. The standard InChI is InChI=1S/C25H18F6N4O2S/c26-24(27,28)20-10-5-15-13-35(38(36)17-8-6-16(7-9-17)37-25(29,30)31)21-18(23(14-32)11-2-12-23)3-1-4-19(21)33-22(15)34-20/h1,3-10H,2,11-13H2,(H,33,34). The number of para-hydroxylation sites is 1. The van der Waals surface area contributed by atoms with Gasteiger partial charge in [-0.15, -0.1) is 13.2 Å². The summed E-state index contributed by atoms with van der Waals surface area (Å²) in [6.45, 7) is -0.146. The first-order valence-corrected chi connectivity index (χ1v) is 12.4. The number of pyridine rings is 1. The van der Waals surface area contributed by atoms with Crippen LogP contribution in [0.3, 0.4) is 0 Å². The second-order valence-electron chi connectivity index (χ2n) is 8.88. The molecule has 38 heavy (non-hydrogen) atoms. The number of nitrogens with zero attached hydrogens (tertiary/aromatic N) is 3. The molecule has 1 aromatic heterocycles. The molecule has 13 heteroatoms. The molecular weight excluding hydrogens is 534 g/mol. The SMILES string of the molecule is N#CC1(c2cccc3c2N(S(=O)c2ccc(OC(F)(F)F)cc2)Cc2ccc(C(F)(F)F)nc2N3)CCC1. The highest BCUT2D eigenvalue weighted by molar-refractivity contribution is 7.86. The molecular formula is C25H18F6N4O2S. The number of aromatic nitrogens is 1. The fourth-order valence-corrected chi connectivity index (χ4v) is 5.78. The number of rotatable bonds is 4. The summed E-state index contributed by atoms with van der Waals surface area (Å²) in [4.78, 5) is 3.88. The first kappa shape index (κ1) is 25.8. The van der Waals surface area contributed by atoms with Crippen molar-refractivity contribution in [1.29, 1.82) is 5.26 Å². The van der Waals surface area contributed by atoms with Crippen LogP contribution in [0.1, 0.15) is 36.1 Å². The van der Waals surface area contributed by atoms with E-state index in [0.29, 0.717) is 35.3 Å². The Hall–Kier alpha value is -3.79. The van der Waals surface area contributed by atoms with Gasteiger partial charge in [-0.3, -0.25) is 4.31 Å². The Morgan fingerprint density at radius 3 is 2.32 bits per heavy atom. The average Bonchev–Trinajstić information content (AvgIpc) is 2.99. The van der Waals surface area contributed by atoms with Crippen LogP contribution in [0.25, 0.3) is 0 Å². The first-order chi connectivity index (χ1) is 17.9. The summed E-state index contributed by atoms with van der Waals surface area (Å²) < 4.78 is 97.0. The van der Waals surface area contributed by atoms with Gasteiger partial charge in [0, 0.05) is 5.56 Å². The maximum absolute atomic E-state index is 13.9. The molecule has 0 radical (unpaired) electrons. The van der Waals surface area contributed by atoms with Crippen LogP contribution in [-0.4, -0.2) is 15.6 Å². The van der Waals surface area contributed by atoms with Crippen LogP contribution in [0, 0.1) is 11.3 Å². The molecule has 2 heterocycles. The molecule has 6 nitrogen and oxygen atoms in total. The maximum Gasteiger partial charge on any atom is 0.573 e. The van der Waals surface area contributed by atoms with Crippen molar-refractivity contribution >= 4 is 28.2 Å². The zero-order valence-corrected chi connectivity index (χ0v) is 20.2. The molecule has 1 unspecified atom stereocenters. The number of anilines is 3. The highest BCUT2D eigenvalue weighted by Gasteiger charge is 2.43. The van der Waals surface area contributed by atoms with Crippen LogP contribution >= 0.6 is 0 Å². The predicted molar refractivity (Wildman–Crippen MR) is 126 cm³/mol. The predicted octanol–water partition coefficient (Wildman–Crippen LogP) is 6.73. The summed E-state index contributed by atoms with van der Waals surface area (Å²) in [5.74, 6) is -0.574. The normalized spacial score (nSPS) is 17.1. The number of hydrogen-bond acceptors (Lipinski definition) is 5. The van der Waals surface area contributed by atoms with E-state index in [1.165, 1.54) is 22.5 Å². The van der Waals surface area contributed by atoms with E-state index in [4.69, 9.17) is 0 Å². The molecule has 1 aliphatic carbocycles. The van der Waals surface area contributed by atoms with Crippen molar-refractivity contribution in [2.24, 2.45) is 0 Å². The lowest BCUT2D eigenvalue weighted by Gasteiger charge is -2.39. The summed E-state index contributed by atoms with van der Waals surface area (Å²) in [6.07, 6.45) is -7.69. The van der Waals surface area contributed by atoms with Crippen molar-refractivity contribution < 1.29 is 35.3 Å². The molecule has 1 fully saturated rings. The number of alkyl halides is 6. The summed E-state index contributed by atoms with van der Waals surface area (Å²) in [7, 11) is -2.03. The van der Waals surface area contributed by atoms with E-state index in [2.05, 4.69) is 21.1 Å². The number of nitriles is 1. The van der Waals surface area contributed by atoms with Crippen LogP contribution in [0.15, 0.2) is 59.5 Å². The lowest BCUT2D eigenvalue weighted by atomic mass is 9.65. The first-order valence-electron chi connectivity index (χ1n) is 11.3. The molecule has 1 N–H and O–H groups in total. The average molecular weight is 552 g/mol. The van der Waals surface area contributed by atoms with Gasteiger partial charge in [-0.05, 0) is 61.2 Å². The monoisotopic (exact) mass is 552 g/mol. The molecule has 0 amide bonds. The van der Waals surface area contributed by atoms with E-state index in [9.17, 15) is 35.8 Å². The van der Waals surface area contributed by atoms with Gasteiger partial charge < -0.3 is 10.1 Å². The summed E-state index contributed by atoms with van der Waals surface area (Å²) in [5, 5.41) is 12.9. The quantitative estimate of drug-likeness (QED) is 0.363. The Bertz CT molecular complexity index is 1450. The summed E-state index contributed by atoms with van der Waals surface area (Å²) in [5.41, 5.74) is -0.449. The molecule has 198 valence electrons.